The van der Waals surface area contributed by atoms with Crippen molar-refractivity contribution in [2.45, 2.75) is 70.0 Å². The van der Waals surface area contributed by atoms with Crippen molar-refractivity contribution in [2.24, 2.45) is 11.8 Å². The predicted octanol–water partition coefficient (Wildman–Crippen LogP) is 6.22. The average molecular weight is 499 g/mol. The van der Waals surface area contributed by atoms with Crippen LogP contribution in [0.25, 0.3) is 0 Å². The molecular formula is C32H38N2O3. The van der Waals surface area contributed by atoms with E-state index in [0.29, 0.717) is 11.5 Å². The monoisotopic (exact) mass is 498 g/mol. The molecule has 5 heteroatoms. The summed E-state index contributed by atoms with van der Waals surface area (Å²) >= 11 is 0. The van der Waals surface area contributed by atoms with Crippen LogP contribution in [0.2, 0.25) is 0 Å². The third-order valence-electron chi connectivity index (χ3n) is 8.23. The molecule has 0 aliphatic heterocycles. The number of hydrogen-bond acceptors (Lipinski definition) is 4. The number of aliphatic hydroxyl groups is 1. The van der Waals surface area contributed by atoms with Crippen molar-refractivity contribution >= 4 is 5.91 Å². The molecule has 2 aliphatic rings. The Labute approximate surface area is 220 Å². The van der Waals surface area contributed by atoms with Gasteiger partial charge in [0.2, 0.25) is 0 Å². The number of benzene rings is 2. The topological polar surface area (TPSA) is 71.5 Å². The summed E-state index contributed by atoms with van der Waals surface area (Å²) in [6.45, 7) is 5.71. The number of amides is 1. The highest BCUT2D eigenvalue weighted by atomic mass is 16.5. The first kappa shape index (κ1) is 25.5. The molecule has 1 amide bonds. The number of rotatable bonds is 9. The second-order valence-corrected chi connectivity index (χ2v) is 11.4. The molecule has 5 nitrogen and oxygen atoms in total. The number of carbonyl (C=O) groups is 1. The molecule has 37 heavy (non-hydrogen) atoms. The normalized spacial score (nSPS) is 23.6. The van der Waals surface area contributed by atoms with E-state index in [1.807, 2.05) is 36.5 Å². The lowest BCUT2D eigenvalue weighted by Crippen LogP contribution is -2.38. The van der Waals surface area contributed by atoms with Gasteiger partial charge < -0.3 is 15.2 Å². The Bertz CT molecular complexity index is 1200. The molecule has 1 unspecified atom stereocenters. The third-order valence-corrected chi connectivity index (χ3v) is 8.23. The molecule has 0 spiro atoms. The summed E-state index contributed by atoms with van der Waals surface area (Å²) in [7, 11) is 0. The molecule has 2 aromatic carbocycles. The number of pyridine rings is 1. The smallest absolute Gasteiger partial charge is 0.251 e. The molecule has 2 N–H and O–H groups in total. The SMILES string of the molecule is CCC(Oc1ccc([C@@]2(c3ccc(C(=O)NCC(C)(C)O)cc3)C[C@@H]3CC[C@H]2C3)cc1)c1ccccn1. The molecule has 1 aromatic heterocycles. The van der Waals surface area contributed by atoms with Crippen molar-refractivity contribution in [1.29, 1.82) is 0 Å². The van der Waals surface area contributed by atoms with Gasteiger partial charge in [0.15, 0.2) is 0 Å². The first-order chi connectivity index (χ1) is 17.8. The van der Waals surface area contributed by atoms with E-state index in [1.165, 1.54) is 30.4 Å². The fraction of sp³-hybridized carbons (Fsp3) is 0.438. The van der Waals surface area contributed by atoms with E-state index in [-0.39, 0.29) is 24.0 Å². The average Bonchev–Trinajstić information content (AvgIpc) is 3.53. The number of nitrogens with zero attached hydrogens (tertiary/aromatic N) is 1. The maximum Gasteiger partial charge on any atom is 0.251 e. The van der Waals surface area contributed by atoms with Crippen LogP contribution in [0.1, 0.15) is 86.2 Å². The molecule has 2 fully saturated rings. The molecule has 0 radical (unpaired) electrons. The highest BCUT2D eigenvalue weighted by Gasteiger charge is 2.52. The van der Waals surface area contributed by atoms with Gasteiger partial charge in [-0.1, -0.05) is 43.7 Å². The molecule has 4 atom stereocenters. The van der Waals surface area contributed by atoms with Crippen LogP contribution >= 0.6 is 0 Å². The Morgan fingerprint density at radius 3 is 2.32 bits per heavy atom. The van der Waals surface area contributed by atoms with E-state index in [4.69, 9.17) is 4.74 Å². The summed E-state index contributed by atoms with van der Waals surface area (Å²) in [6, 6.07) is 22.8. The van der Waals surface area contributed by atoms with E-state index in [1.54, 1.807) is 13.8 Å². The van der Waals surface area contributed by atoms with Crippen molar-refractivity contribution in [3.8, 4) is 5.75 Å². The van der Waals surface area contributed by atoms with Gasteiger partial charge in [-0.15, -0.1) is 0 Å². The third kappa shape index (κ3) is 5.28. The first-order valence-corrected chi connectivity index (χ1v) is 13.6. The molecular weight excluding hydrogens is 460 g/mol. The lowest BCUT2D eigenvalue weighted by Gasteiger charge is -2.39. The fourth-order valence-corrected chi connectivity index (χ4v) is 6.44. The summed E-state index contributed by atoms with van der Waals surface area (Å²) in [5.41, 5.74) is 3.22. The molecule has 2 aliphatic carbocycles. The van der Waals surface area contributed by atoms with Gasteiger partial charge in [-0.3, -0.25) is 9.78 Å². The van der Waals surface area contributed by atoms with Gasteiger partial charge in [-0.05, 0) is 98.9 Å². The molecule has 194 valence electrons. The summed E-state index contributed by atoms with van der Waals surface area (Å²) in [5.74, 6) is 2.06. The maximum absolute atomic E-state index is 12.6. The van der Waals surface area contributed by atoms with Crippen LogP contribution in [0.15, 0.2) is 72.9 Å². The number of aromatic nitrogens is 1. The Morgan fingerprint density at radius 1 is 1.08 bits per heavy atom. The number of hydrogen-bond donors (Lipinski definition) is 2. The highest BCUT2D eigenvalue weighted by Crippen LogP contribution is 2.60. The first-order valence-electron chi connectivity index (χ1n) is 13.6. The van der Waals surface area contributed by atoms with Crippen LogP contribution in [-0.2, 0) is 5.41 Å². The molecule has 2 saturated carbocycles. The van der Waals surface area contributed by atoms with Crippen LogP contribution in [0.4, 0.5) is 0 Å². The van der Waals surface area contributed by atoms with E-state index in [9.17, 15) is 9.90 Å². The van der Waals surface area contributed by atoms with Gasteiger partial charge in [-0.2, -0.15) is 0 Å². The minimum atomic E-state index is -0.937. The van der Waals surface area contributed by atoms with Crippen molar-refractivity contribution in [3.63, 3.8) is 0 Å². The number of nitrogens with one attached hydrogen (secondary N) is 1. The Hall–Kier alpha value is -3.18. The van der Waals surface area contributed by atoms with E-state index < -0.39 is 5.60 Å². The molecule has 3 aromatic rings. The quantitative estimate of drug-likeness (QED) is 0.367. The van der Waals surface area contributed by atoms with E-state index in [0.717, 1.165) is 30.2 Å². The number of fused-ring (bicyclic) bond motifs is 2. The second kappa shape index (κ2) is 10.3. The number of carbonyl (C=O) groups excluding carboxylic acids is 1. The zero-order valence-electron chi connectivity index (χ0n) is 22.1. The van der Waals surface area contributed by atoms with Gasteiger partial charge in [0.1, 0.15) is 11.9 Å². The van der Waals surface area contributed by atoms with E-state index >= 15 is 0 Å². The van der Waals surface area contributed by atoms with Crippen molar-refractivity contribution < 1.29 is 14.6 Å². The Kier molecular flexibility index (Phi) is 7.09. The van der Waals surface area contributed by atoms with Gasteiger partial charge in [0, 0.05) is 23.7 Å². The van der Waals surface area contributed by atoms with Crippen molar-refractivity contribution in [2.75, 3.05) is 6.54 Å². The van der Waals surface area contributed by atoms with Crippen molar-refractivity contribution in [1.82, 2.24) is 10.3 Å². The standard InChI is InChI=1S/C32H38N2O3/c1-4-29(28-7-5-6-18-33-28)37-27-16-14-25(15-17-27)32(20-22-8-11-26(32)19-22)24-12-9-23(10-13-24)30(35)34-21-31(2,3)36/h5-7,9-10,12-18,22,26,29,36H,4,8,11,19-21H2,1-3H3,(H,34,35)/t22-,26+,29?,32+/m1/s1. The molecule has 2 bridgehead atoms. The number of ether oxygens (including phenoxy) is 1. The highest BCUT2D eigenvalue weighted by molar-refractivity contribution is 5.94. The molecule has 1 heterocycles. The summed E-state index contributed by atoms with van der Waals surface area (Å²) in [6.07, 6.45) is 7.56. The largest absolute Gasteiger partial charge is 0.484 e. The summed E-state index contributed by atoms with van der Waals surface area (Å²) in [5, 5.41) is 12.8. The molecule has 0 saturated heterocycles. The van der Waals surface area contributed by atoms with Crippen LogP contribution in [0.3, 0.4) is 0 Å². The van der Waals surface area contributed by atoms with Gasteiger partial charge in [-0.25, -0.2) is 0 Å². The lowest BCUT2D eigenvalue weighted by molar-refractivity contribution is 0.0694. The lowest BCUT2D eigenvalue weighted by atomic mass is 9.64. The van der Waals surface area contributed by atoms with Gasteiger partial charge in [0.05, 0.1) is 11.3 Å². The van der Waals surface area contributed by atoms with Crippen LogP contribution in [0, 0.1) is 11.8 Å². The minimum Gasteiger partial charge on any atom is -0.484 e. The Morgan fingerprint density at radius 2 is 1.78 bits per heavy atom. The second-order valence-electron chi connectivity index (χ2n) is 11.4. The van der Waals surface area contributed by atoms with Crippen LogP contribution in [-0.4, -0.2) is 28.1 Å². The van der Waals surface area contributed by atoms with Gasteiger partial charge in [0.25, 0.3) is 5.91 Å². The van der Waals surface area contributed by atoms with Crippen LogP contribution in [0.5, 0.6) is 5.75 Å². The van der Waals surface area contributed by atoms with Crippen LogP contribution < -0.4 is 10.1 Å². The van der Waals surface area contributed by atoms with Crippen molar-refractivity contribution in [3.05, 3.63) is 95.3 Å². The molecule has 5 rings (SSSR count). The zero-order valence-corrected chi connectivity index (χ0v) is 22.1. The van der Waals surface area contributed by atoms with Gasteiger partial charge >= 0.3 is 0 Å². The fourth-order valence-electron chi connectivity index (χ4n) is 6.44. The minimum absolute atomic E-state index is 0.0330. The maximum atomic E-state index is 12.6. The zero-order chi connectivity index (χ0) is 26.0. The summed E-state index contributed by atoms with van der Waals surface area (Å²) in [4.78, 5) is 17.1. The predicted molar refractivity (Wildman–Crippen MR) is 146 cm³/mol. The summed E-state index contributed by atoms with van der Waals surface area (Å²) < 4.78 is 6.33. The Balaban J connectivity index is 1.38. The van der Waals surface area contributed by atoms with E-state index in [2.05, 4.69) is 53.6 Å².